The lowest BCUT2D eigenvalue weighted by atomic mass is 9.47. The summed E-state index contributed by atoms with van der Waals surface area (Å²) in [5, 5.41) is 0. The van der Waals surface area contributed by atoms with Crippen LogP contribution in [0.5, 0.6) is 0 Å². The van der Waals surface area contributed by atoms with Crippen molar-refractivity contribution >= 4 is 11.9 Å². The molecule has 4 nitrogen and oxygen atoms in total. The fourth-order valence-corrected chi connectivity index (χ4v) is 8.40. The Morgan fingerprint density at radius 2 is 1.76 bits per heavy atom. The molecule has 1 aromatic rings. The predicted octanol–water partition coefficient (Wildman–Crippen LogP) is 6.80. The Morgan fingerprint density at radius 3 is 2.50 bits per heavy atom. The van der Waals surface area contributed by atoms with Crippen LogP contribution in [0.3, 0.4) is 0 Å². The second kappa shape index (κ2) is 8.84. The first kappa shape index (κ1) is 23.6. The Balaban J connectivity index is 1.31. The maximum Gasteiger partial charge on any atom is 0.310 e. The van der Waals surface area contributed by atoms with Crippen molar-refractivity contribution in [3.8, 4) is 0 Å². The molecule has 0 saturated heterocycles. The Morgan fingerprint density at radius 1 is 1.00 bits per heavy atom. The lowest BCUT2D eigenvalue weighted by Gasteiger charge is -2.57. The van der Waals surface area contributed by atoms with Crippen molar-refractivity contribution in [2.75, 3.05) is 0 Å². The van der Waals surface area contributed by atoms with Gasteiger partial charge in [-0.15, -0.1) is 0 Å². The van der Waals surface area contributed by atoms with Gasteiger partial charge >= 0.3 is 11.9 Å². The highest BCUT2D eigenvalue weighted by Crippen LogP contribution is 2.66. The summed E-state index contributed by atoms with van der Waals surface area (Å²) in [7, 11) is 0. The molecule has 0 spiro atoms. The summed E-state index contributed by atoms with van der Waals surface area (Å²) >= 11 is 0. The van der Waals surface area contributed by atoms with Crippen LogP contribution < -0.4 is 0 Å². The number of carbonyl (C=O) groups excluding carboxylic acids is 2. The van der Waals surface area contributed by atoms with Crippen LogP contribution >= 0.6 is 0 Å². The Hall–Kier alpha value is -2.10. The van der Waals surface area contributed by atoms with Gasteiger partial charge in [0.25, 0.3) is 0 Å². The minimum Gasteiger partial charge on any atom is -0.462 e. The number of ether oxygens (including phenoxy) is 2. The molecule has 3 fully saturated rings. The van der Waals surface area contributed by atoms with Gasteiger partial charge in [-0.05, 0) is 86.0 Å². The Bertz CT molecular complexity index is 967. The van der Waals surface area contributed by atoms with E-state index in [1.165, 1.54) is 18.9 Å². The van der Waals surface area contributed by atoms with Crippen LogP contribution in [0.4, 0.5) is 0 Å². The Labute approximate surface area is 204 Å². The molecular formula is C30H40O4. The first-order chi connectivity index (χ1) is 16.2. The molecule has 0 bridgehead atoms. The summed E-state index contributed by atoms with van der Waals surface area (Å²) in [5.74, 6) is 1.73. The van der Waals surface area contributed by atoms with Crippen molar-refractivity contribution < 1.29 is 19.1 Å². The van der Waals surface area contributed by atoms with Gasteiger partial charge in [0.15, 0.2) is 0 Å². The zero-order valence-corrected chi connectivity index (χ0v) is 21.2. The van der Waals surface area contributed by atoms with Crippen LogP contribution in [-0.4, -0.2) is 18.0 Å². The van der Waals surface area contributed by atoms with Crippen molar-refractivity contribution in [3.63, 3.8) is 0 Å². The van der Waals surface area contributed by atoms with E-state index in [2.05, 4.69) is 19.9 Å². The summed E-state index contributed by atoms with van der Waals surface area (Å²) in [4.78, 5) is 24.9. The van der Waals surface area contributed by atoms with Crippen molar-refractivity contribution in [2.24, 2.45) is 34.5 Å². The Kier molecular flexibility index (Phi) is 6.14. The highest BCUT2D eigenvalue weighted by molar-refractivity contribution is 5.74. The molecule has 4 aliphatic rings. The number of fused-ring (bicyclic) bond motifs is 5. The molecule has 8 atom stereocenters. The highest BCUT2D eigenvalue weighted by atomic mass is 16.5. The predicted molar refractivity (Wildman–Crippen MR) is 132 cm³/mol. The molecule has 34 heavy (non-hydrogen) atoms. The summed E-state index contributed by atoms with van der Waals surface area (Å²) in [6.45, 7) is 8.34. The van der Waals surface area contributed by atoms with Gasteiger partial charge in [0.2, 0.25) is 0 Å². The van der Waals surface area contributed by atoms with Crippen molar-refractivity contribution in [1.29, 1.82) is 0 Å². The standard InChI is InChI=1S/C30H40O4/c1-19(21-8-6-5-7-9-21)33-28(32)27-13-12-25-24-11-10-22-18-23(34-20(2)31)14-16-29(22,3)26(24)15-17-30(25,27)4/h5-10,19,23-27H,11-18H2,1-4H3/t19-,23-,24-,25-,26-,27+,29-,30-/m0/s1. The second-order valence-electron chi connectivity index (χ2n) is 11.9. The molecule has 0 aromatic heterocycles. The van der Waals surface area contributed by atoms with Gasteiger partial charge in [-0.25, -0.2) is 0 Å². The molecule has 184 valence electrons. The molecular weight excluding hydrogens is 424 g/mol. The third kappa shape index (κ3) is 3.91. The number of esters is 2. The molecule has 0 radical (unpaired) electrons. The fraction of sp³-hybridized carbons (Fsp3) is 0.667. The summed E-state index contributed by atoms with van der Waals surface area (Å²) in [6, 6.07) is 10.1. The van der Waals surface area contributed by atoms with Crippen LogP contribution in [0.25, 0.3) is 0 Å². The zero-order chi connectivity index (χ0) is 24.1. The zero-order valence-electron chi connectivity index (χ0n) is 21.2. The molecule has 1 aromatic carbocycles. The van der Waals surface area contributed by atoms with E-state index in [1.54, 1.807) is 0 Å². The van der Waals surface area contributed by atoms with Crippen molar-refractivity contribution in [3.05, 3.63) is 47.5 Å². The second-order valence-corrected chi connectivity index (χ2v) is 11.9. The van der Waals surface area contributed by atoms with Crippen molar-refractivity contribution in [2.45, 2.75) is 91.3 Å². The normalized spacial score (nSPS) is 39.6. The molecule has 0 N–H and O–H groups in total. The van der Waals surface area contributed by atoms with Gasteiger partial charge in [-0.2, -0.15) is 0 Å². The third-order valence-corrected chi connectivity index (χ3v) is 10.2. The molecule has 0 unspecified atom stereocenters. The van der Waals surface area contributed by atoms with E-state index in [0.29, 0.717) is 17.8 Å². The first-order valence-electron chi connectivity index (χ1n) is 13.3. The molecule has 0 heterocycles. The minimum atomic E-state index is -0.209. The van der Waals surface area contributed by atoms with E-state index in [0.717, 1.165) is 50.5 Å². The van der Waals surface area contributed by atoms with Crippen molar-refractivity contribution in [1.82, 2.24) is 0 Å². The van der Waals surface area contributed by atoms with E-state index in [9.17, 15) is 9.59 Å². The highest BCUT2D eigenvalue weighted by Gasteiger charge is 2.60. The molecule has 4 aliphatic carbocycles. The fourth-order valence-electron chi connectivity index (χ4n) is 8.40. The SMILES string of the molecule is CC(=O)O[C@H]1CC[C@@]2(C)C(=CC[C@H]3[C@@H]4CC[C@H](C(=O)O[C@@H](C)c5ccccc5)[C@@]4(C)CC[C@@H]32)C1. The van der Waals surface area contributed by atoms with Crippen LogP contribution in [0.15, 0.2) is 42.0 Å². The monoisotopic (exact) mass is 464 g/mol. The molecule has 0 amide bonds. The largest absolute Gasteiger partial charge is 0.462 e. The van der Waals surface area contributed by atoms with Crippen LogP contribution in [0, 0.1) is 34.5 Å². The van der Waals surface area contributed by atoms with Crippen LogP contribution in [0.1, 0.15) is 90.7 Å². The van der Waals surface area contributed by atoms with E-state index in [-0.39, 0.29) is 40.9 Å². The lowest BCUT2D eigenvalue weighted by Crippen LogP contribution is -2.51. The van der Waals surface area contributed by atoms with Gasteiger partial charge < -0.3 is 9.47 Å². The number of hydrogen-bond donors (Lipinski definition) is 0. The van der Waals surface area contributed by atoms with Gasteiger partial charge in [-0.1, -0.05) is 55.8 Å². The van der Waals surface area contributed by atoms with Crippen LogP contribution in [-0.2, 0) is 19.1 Å². The lowest BCUT2D eigenvalue weighted by molar-refractivity contribution is -0.161. The topological polar surface area (TPSA) is 52.6 Å². The van der Waals surface area contributed by atoms with Gasteiger partial charge in [0.05, 0.1) is 5.92 Å². The maximum absolute atomic E-state index is 13.4. The third-order valence-electron chi connectivity index (χ3n) is 10.2. The van der Waals surface area contributed by atoms with E-state index >= 15 is 0 Å². The van der Waals surface area contributed by atoms with E-state index in [4.69, 9.17) is 9.47 Å². The number of carbonyl (C=O) groups is 2. The maximum atomic E-state index is 13.4. The first-order valence-corrected chi connectivity index (χ1v) is 13.3. The average Bonchev–Trinajstić information content (AvgIpc) is 3.17. The minimum absolute atomic E-state index is 0.0000508. The average molecular weight is 465 g/mol. The number of benzene rings is 1. The molecule has 3 saturated carbocycles. The number of rotatable bonds is 4. The quantitative estimate of drug-likeness (QED) is 0.363. The van der Waals surface area contributed by atoms with Gasteiger partial charge in [0, 0.05) is 13.3 Å². The summed E-state index contributed by atoms with van der Waals surface area (Å²) in [6.07, 6.45) is 10.7. The number of hydrogen-bond acceptors (Lipinski definition) is 4. The van der Waals surface area contributed by atoms with Gasteiger partial charge in [-0.3, -0.25) is 9.59 Å². The van der Waals surface area contributed by atoms with Crippen LogP contribution in [0.2, 0.25) is 0 Å². The van der Waals surface area contributed by atoms with E-state index in [1.807, 2.05) is 37.3 Å². The summed E-state index contributed by atoms with van der Waals surface area (Å²) < 4.78 is 11.6. The molecule has 5 rings (SSSR count). The van der Waals surface area contributed by atoms with E-state index < -0.39 is 0 Å². The molecule has 4 heteroatoms. The summed E-state index contributed by atoms with van der Waals surface area (Å²) in [5.41, 5.74) is 2.81. The molecule has 0 aliphatic heterocycles. The smallest absolute Gasteiger partial charge is 0.310 e. The number of allylic oxidation sites excluding steroid dienone is 1. The van der Waals surface area contributed by atoms with Gasteiger partial charge in [0.1, 0.15) is 12.2 Å².